The minimum absolute atomic E-state index is 0.428. The second-order valence-electron chi connectivity index (χ2n) is 6.09. The van der Waals surface area contributed by atoms with E-state index >= 15 is 0 Å². The van der Waals surface area contributed by atoms with Gasteiger partial charge in [0.2, 0.25) is 0 Å². The van der Waals surface area contributed by atoms with E-state index < -0.39 is 0 Å². The summed E-state index contributed by atoms with van der Waals surface area (Å²) < 4.78 is 5.20. The first-order valence-electron chi connectivity index (χ1n) is 7.95. The van der Waals surface area contributed by atoms with Gasteiger partial charge in [-0.3, -0.25) is 4.99 Å². The van der Waals surface area contributed by atoms with Crippen LogP contribution in [0.5, 0.6) is 0 Å². The molecule has 0 bridgehead atoms. The lowest BCUT2D eigenvalue weighted by atomic mass is 10.0. The van der Waals surface area contributed by atoms with Crippen LogP contribution >= 0.6 is 11.3 Å². The van der Waals surface area contributed by atoms with Gasteiger partial charge in [0.25, 0.3) is 0 Å². The van der Waals surface area contributed by atoms with Crippen molar-refractivity contribution in [2.75, 3.05) is 33.9 Å². The number of hydrogen-bond donors (Lipinski definition) is 2. The van der Waals surface area contributed by atoms with E-state index in [1.807, 2.05) is 7.05 Å². The van der Waals surface area contributed by atoms with Gasteiger partial charge in [0.05, 0.1) is 10.7 Å². The maximum absolute atomic E-state index is 5.20. The van der Waals surface area contributed by atoms with E-state index in [1.54, 1.807) is 18.4 Å². The molecule has 1 saturated carbocycles. The fraction of sp³-hybridized carbons (Fsp3) is 0.750. The molecule has 1 aliphatic rings. The van der Waals surface area contributed by atoms with E-state index in [9.17, 15) is 0 Å². The minimum atomic E-state index is 0.428. The lowest BCUT2D eigenvalue weighted by Gasteiger charge is -2.18. The van der Waals surface area contributed by atoms with Crippen LogP contribution in [-0.4, -0.2) is 44.8 Å². The van der Waals surface area contributed by atoms with E-state index in [4.69, 9.17) is 4.74 Å². The molecule has 124 valence electrons. The van der Waals surface area contributed by atoms with E-state index in [-0.39, 0.29) is 0 Å². The summed E-state index contributed by atoms with van der Waals surface area (Å²) in [6, 6.07) is 0. The van der Waals surface area contributed by atoms with Crippen molar-refractivity contribution in [3.8, 4) is 0 Å². The first-order chi connectivity index (χ1) is 10.6. The standard InChI is InChI=1S/C16H28N4OS/c1-12-13(2)22-14(20-12)5-9-18-15(17-3)19-11-16(6-7-16)8-10-21-4/h5-11H2,1-4H3,(H2,17,18,19). The molecule has 2 rings (SSSR count). The molecule has 1 heterocycles. The number of thiazole rings is 1. The van der Waals surface area contributed by atoms with E-state index in [0.717, 1.165) is 44.2 Å². The van der Waals surface area contributed by atoms with Crippen molar-refractivity contribution in [3.05, 3.63) is 15.6 Å². The Kier molecular flexibility index (Phi) is 6.20. The third kappa shape index (κ3) is 4.95. The molecule has 0 radical (unpaired) electrons. The van der Waals surface area contributed by atoms with Crippen molar-refractivity contribution in [1.29, 1.82) is 0 Å². The highest BCUT2D eigenvalue weighted by atomic mass is 32.1. The van der Waals surface area contributed by atoms with Crippen LogP contribution in [0.3, 0.4) is 0 Å². The van der Waals surface area contributed by atoms with Crippen LogP contribution in [0, 0.1) is 19.3 Å². The molecule has 0 aromatic carbocycles. The number of guanidine groups is 1. The molecule has 1 aromatic heterocycles. The molecule has 2 N–H and O–H groups in total. The summed E-state index contributed by atoms with van der Waals surface area (Å²) in [7, 11) is 3.59. The number of aromatic nitrogens is 1. The van der Waals surface area contributed by atoms with Crippen molar-refractivity contribution in [2.45, 2.75) is 39.5 Å². The molecule has 0 amide bonds. The second kappa shape index (κ2) is 7.92. The molecular formula is C16H28N4OS. The smallest absolute Gasteiger partial charge is 0.191 e. The number of hydrogen-bond acceptors (Lipinski definition) is 4. The quantitative estimate of drug-likeness (QED) is 0.569. The van der Waals surface area contributed by atoms with Gasteiger partial charge in [0, 0.05) is 45.2 Å². The van der Waals surface area contributed by atoms with Gasteiger partial charge in [0.15, 0.2) is 5.96 Å². The Morgan fingerprint density at radius 2 is 2.14 bits per heavy atom. The Hall–Kier alpha value is -1.14. The molecule has 0 atom stereocenters. The predicted molar refractivity (Wildman–Crippen MR) is 92.8 cm³/mol. The van der Waals surface area contributed by atoms with Crippen molar-refractivity contribution in [1.82, 2.24) is 15.6 Å². The average Bonchev–Trinajstić information content (AvgIpc) is 3.21. The Labute approximate surface area is 137 Å². The monoisotopic (exact) mass is 324 g/mol. The molecule has 1 aliphatic carbocycles. The van der Waals surface area contributed by atoms with Crippen LogP contribution in [0.4, 0.5) is 0 Å². The number of nitrogens with one attached hydrogen (secondary N) is 2. The molecule has 5 nitrogen and oxygen atoms in total. The van der Waals surface area contributed by atoms with Crippen molar-refractivity contribution < 1.29 is 4.74 Å². The van der Waals surface area contributed by atoms with E-state index in [1.165, 1.54) is 22.7 Å². The van der Waals surface area contributed by atoms with Crippen LogP contribution in [0.2, 0.25) is 0 Å². The third-order valence-corrected chi connectivity index (χ3v) is 5.48. The van der Waals surface area contributed by atoms with Gasteiger partial charge in [-0.15, -0.1) is 11.3 Å². The second-order valence-corrected chi connectivity index (χ2v) is 7.38. The maximum Gasteiger partial charge on any atom is 0.191 e. The Morgan fingerprint density at radius 1 is 1.36 bits per heavy atom. The zero-order chi connectivity index (χ0) is 16.0. The third-order valence-electron chi connectivity index (χ3n) is 4.35. The summed E-state index contributed by atoms with van der Waals surface area (Å²) in [6.45, 7) is 6.87. The highest BCUT2D eigenvalue weighted by Crippen LogP contribution is 2.48. The van der Waals surface area contributed by atoms with Gasteiger partial charge in [-0.1, -0.05) is 0 Å². The normalized spacial score (nSPS) is 16.6. The molecule has 22 heavy (non-hydrogen) atoms. The number of aliphatic imine (C=N–C) groups is 1. The molecular weight excluding hydrogens is 296 g/mol. The predicted octanol–water partition coefficient (Wildman–Crippen LogP) is 2.28. The highest BCUT2D eigenvalue weighted by molar-refractivity contribution is 7.11. The summed E-state index contributed by atoms with van der Waals surface area (Å²) in [6.07, 6.45) is 4.65. The van der Waals surface area contributed by atoms with Crippen molar-refractivity contribution in [3.63, 3.8) is 0 Å². The Bertz CT molecular complexity index is 489. The Morgan fingerprint density at radius 3 is 2.68 bits per heavy atom. The molecule has 1 aromatic rings. The fourth-order valence-electron chi connectivity index (χ4n) is 2.44. The molecule has 0 spiro atoms. The zero-order valence-electron chi connectivity index (χ0n) is 14.2. The Balaban J connectivity index is 1.69. The van der Waals surface area contributed by atoms with Crippen molar-refractivity contribution >= 4 is 17.3 Å². The minimum Gasteiger partial charge on any atom is -0.385 e. The lowest BCUT2D eigenvalue weighted by molar-refractivity contribution is 0.172. The highest BCUT2D eigenvalue weighted by Gasteiger charge is 2.41. The van der Waals surface area contributed by atoms with Gasteiger partial charge < -0.3 is 15.4 Å². The number of ether oxygens (including phenoxy) is 1. The van der Waals surface area contributed by atoms with Crippen LogP contribution in [0.1, 0.15) is 34.8 Å². The van der Waals surface area contributed by atoms with E-state index in [0.29, 0.717) is 5.41 Å². The number of nitrogens with zero attached hydrogens (tertiary/aromatic N) is 2. The van der Waals surface area contributed by atoms with Gasteiger partial charge >= 0.3 is 0 Å². The van der Waals surface area contributed by atoms with Crippen LogP contribution in [-0.2, 0) is 11.2 Å². The summed E-state index contributed by atoms with van der Waals surface area (Å²) in [5.74, 6) is 0.883. The number of rotatable bonds is 8. The zero-order valence-corrected chi connectivity index (χ0v) is 15.0. The molecule has 0 aliphatic heterocycles. The van der Waals surface area contributed by atoms with Crippen LogP contribution in [0.25, 0.3) is 0 Å². The summed E-state index contributed by atoms with van der Waals surface area (Å²) in [5.41, 5.74) is 1.58. The first-order valence-corrected chi connectivity index (χ1v) is 8.76. The number of methoxy groups -OCH3 is 1. The van der Waals surface area contributed by atoms with Gasteiger partial charge in [0.1, 0.15) is 0 Å². The summed E-state index contributed by atoms with van der Waals surface area (Å²) in [5, 5.41) is 8.02. The molecule has 0 unspecified atom stereocenters. The van der Waals surface area contributed by atoms with Gasteiger partial charge in [-0.05, 0) is 38.5 Å². The SMILES string of the molecule is CN=C(NCCc1nc(C)c(C)s1)NCC1(CCOC)CC1. The molecule has 0 saturated heterocycles. The summed E-state index contributed by atoms with van der Waals surface area (Å²) >= 11 is 1.79. The topological polar surface area (TPSA) is 58.5 Å². The fourth-order valence-corrected chi connectivity index (χ4v) is 3.37. The first kappa shape index (κ1) is 17.2. The molecule has 6 heteroatoms. The number of aryl methyl sites for hydroxylation is 2. The van der Waals surface area contributed by atoms with Crippen LogP contribution < -0.4 is 10.6 Å². The largest absolute Gasteiger partial charge is 0.385 e. The van der Waals surface area contributed by atoms with E-state index in [2.05, 4.69) is 34.5 Å². The molecule has 1 fully saturated rings. The van der Waals surface area contributed by atoms with Crippen molar-refractivity contribution in [2.24, 2.45) is 10.4 Å². The summed E-state index contributed by atoms with van der Waals surface area (Å²) in [4.78, 5) is 10.2. The van der Waals surface area contributed by atoms with Gasteiger partial charge in [-0.25, -0.2) is 4.98 Å². The lowest BCUT2D eigenvalue weighted by Crippen LogP contribution is -2.41. The van der Waals surface area contributed by atoms with Crippen LogP contribution in [0.15, 0.2) is 4.99 Å². The average molecular weight is 324 g/mol. The van der Waals surface area contributed by atoms with Gasteiger partial charge in [-0.2, -0.15) is 0 Å². The maximum atomic E-state index is 5.20.